The van der Waals surface area contributed by atoms with Crippen molar-refractivity contribution < 1.29 is 54.7 Å². The molecule has 0 bridgehead atoms. The largest absolute Gasteiger partial charge is 0.394 e. The molecule has 7 N–H and O–H groups in total. The van der Waals surface area contributed by atoms with E-state index in [4.69, 9.17) is 18.9 Å². The molecule has 0 saturated carbocycles. The molecule has 10 atom stereocenters. The van der Waals surface area contributed by atoms with Crippen LogP contribution in [0.15, 0.2) is 30.3 Å². The first-order valence-electron chi connectivity index (χ1n) is 9.61. The van der Waals surface area contributed by atoms with E-state index in [2.05, 4.69) is 0 Å². The Balaban J connectivity index is 1.66. The summed E-state index contributed by atoms with van der Waals surface area (Å²) in [7, 11) is 0. The van der Waals surface area contributed by atoms with Gasteiger partial charge in [0.15, 0.2) is 12.6 Å². The Morgan fingerprint density at radius 1 is 0.700 bits per heavy atom. The van der Waals surface area contributed by atoms with Gasteiger partial charge in [-0.3, -0.25) is 0 Å². The molecule has 0 spiro atoms. The van der Waals surface area contributed by atoms with Crippen LogP contribution in [0.1, 0.15) is 5.56 Å². The first-order chi connectivity index (χ1) is 14.4. The van der Waals surface area contributed by atoms with Gasteiger partial charge in [-0.2, -0.15) is 0 Å². The molecule has 0 unspecified atom stereocenters. The van der Waals surface area contributed by atoms with E-state index in [-0.39, 0.29) is 6.61 Å². The van der Waals surface area contributed by atoms with E-state index >= 15 is 0 Å². The fourth-order valence-corrected chi connectivity index (χ4v) is 3.45. The number of benzene rings is 1. The van der Waals surface area contributed by atoms with E-state index in [0.29, 0.717) is 0 Å². The minimum absolute atomic E-state index is 0.0890. The van der Waals surface area contributed by atoms with Crippen LogP contribution < -0.4 is 0 Å². The SMILES string of the molecule is OC[C@H]1O[C@@H](O[C@H]2[C@H](O)[C@@H](O)[C@@H](OCc3ccccc3)O[C@@H]2CO)[C@H](O)[C@@H](O)[C@H]1O. The molecule has 11 nitrogen and oxygen atoms in total. The highest BCUT2D eigenvalue weighted by molar-refractivity contribution is 5.13. The molecular formula is C19H28O11. The molecule has 0 radical (unpaired) electrons. The number of rotatable bonds is 7. The van der Waals surface area contributed by atoms with Gasteiger partial charge in [0.2, 0.25) is 0 Å². The van der Waals surface area contributed by atoms with Crippen LogP contribution in [0.4, 0.5) is 0 Å². The fourth-order valence-electron chi connectivity index (χ4n) is 3.45. The molecular weight excluding hydrogens is 404 g/mol. The lowest BCUT2D eigenvalue weighted by Crippen LogP contribution is -2.64. The number of aliphatic hydroxyl groups excluding tert-OH is 7. The highest BCUT2D eigenvalue weighted by atomic mass is 16.7. The summed E-state index contributed by atoms with van der Waals surface area (Å²) in [6.45, 7) is -1.18. The Hall–Kier alpha value is -1.22. The molecule has 170 valence electrons. The third-order valence-electron chi connectivity index (χ3n) is 5.22. The molecule has 2 aliphatic heterocycles. The molecule has 0 amide bonds. The van der Waals surface area contributed by atoms with Crippen LogP contribution in [0, 0.1) is 0 Å². The van der Waals surface area contributed by atoms with Crippen LogP contribution in [-0.2, 0) is 25.6 Å². The van der Waals surface area contributed by atoms with Crippen molar-refractivity contribution >= 4 is 0 Å². The summed E-state index contributed by atoms with van der Waals surface area (Å²) in [5, 5.41) is 69.7. The summed E-state index contributed by atoms with van der Waals surface area (Å²) >= 11 is 0. The Labute approximate surface area is 172 Å². The van der Waals surface area contributed by atoms with Gasteiger partial charge < -0.3 is 54.7 Å². The predicted octanol–water partition coefficient (Wildman–Crippen LogP) is -3.17. The molecule has 0 aliphatic carbocycles. The molecule has 30 heavy (non-hydrogen) atoms. The topological polar surface area (TPSA) is 179 Å². The van der Waals surface area contributed by atoms with Crippen molar-refractivity contribution in [2.75, 3.05) is 13.2 Å². The average Bonchev–Trinajstić information content (AvgIpc) is 2.77. The van der Waals surface area contributed by atoms with E-state index in [9.17, 15) is 35.7 Å². The molecule has 2 heterocycles. The monoisotopic (exact) mass is 432 g/mol. The van der Waals surface area contributed by atoms with Crippen LogP contribution in [0.5, 0.6) is 0 Å². The van der Waals surface area contributed by atoms with Crippen molar-refractivity contribution in [2.24, 2.45) is 0 Å². The summed E-state index contributed by atoms with van der Waals surface area (Å²) in [5.41, 5.74) is 0.808. The number of hydrogen-bond donors (Lipinski definition) is 7. The highest BCUT2D eigenvalue weighted by Crippen LogP contribution is 2.29. The van der Waals surface area contributed by atoms with E-state index in [1.165, 1.54) is 0 Å². The van der Waals surface area contributed by atoms with Crippen LogP contribution in [-0.4, -0.2) is 110 Å². The van der Waals surface area contributed by atoms with Crippen LogP contribution in [0.25, 0.3) is 0 Å². The van der Waals surface area contributed by atoms with Crippen molar-refractivity contribution in [1.82, 2.24) is 0 Å². The lowest BCUT2D eigenvalue weighted by Gasteiger charge is -2.45. The average molecular weight is 432 g/mol. The second-order valence-corrected chi connectivity index (χ2v) is 7.30. The van der Waals surface area contributed by atoms with E-state index in [1.807, 2.05) is 18.2 Å². The second kappa shape index (κ2) is 10.4. The summed E-state index contributed by atoms with van der Waals surface area (Å²) in [6, 6.07) is 9.07. The molecule has 3 rings (SSSR count). The van der Waals surface area contributed by atoms with Crippen molar-refractivity contribution in [3.05, 3.63) is 35.9 Å². The van der Waals surface area contributed by atoms with Crippen molar-refractivity contribution in [1.29, 1.82) is 0 Å². The van der Waals surface area contributed by atoms with E-state index in [1.54, 1.807) is 12.1 Å². The predicted molar refractivity (Wildman–Crippen MR) is 97.6 cm³/mol. The molecule has 2 fully saturated rings. The Morgan fingerprint density at radius 3 is 1.93 bits per heavy atom. The third kappa shape index (κ3) is 4.98. The first kappa shape index (κ1) is 23.4. The molecule has 1 aromatic rings. The zero-order chi connectivity index (χ0) is 21.8. The van der Waals surface area contributed by atoms with E-state index < -0.39 is 74.6 Å². The minimum Gasteiger partial charge on any atom is -0.394 e. The zero-order valence-corrected chi connectivity index (χ0v) is 16.0. The van der Waals surface area contributed by atoms with E-state index in [0.717, 1.165) is 5.56 Å². The van der Waals surface area contributed by atoms with Crippen molar-refractivity contribution in [3.8, 4) is 0 Å². The summed E-state index contributed by atoms with van der Waals surface area (Å²) < 4.78 is 21.8. The molecule has 0 aromatic heterocycles. The summed E-state index contributed by atoms with van der Waals surface area (Å²) in [4.78, 5) is 0. The lowest BCUT2D eigenvalue weighted by molar-refractivity contribution is -0.360. The Morgan fingerprint density at radius 2 is 1.30 bits per heavy atom. The number of hydrogen-bond acceptors (Lipinski definition) is 11. The molecule has 1 aromatic carbocycles. The van der Waals surface area contributed by atoms with Gasteiger partial charge in [-0.1, -0.05) is 30.3 Å². The van der Waals surface area contributed by atoms with Gasteiger partial charge in [-0.25, -0.2) is 0 Å². The second-order valence-electron chi connectivity index (χ2n) is 7.30. The standard InChI is InChI=1S/C19H28O11/c20-6-10-12(22)13(23)15(25)19(28-10)30-17-11(7-21)29-18(16(26)14(17)24)27-8-9-4-2-1-3-5-9/h1-5,10-26H,6-8H2/t10-,11-,12+,13+,14-,15-,16-,17-,18+,19+/m1/s1. The van der Waals surface area contributed by atoms with Gasteiger partial charge in [0, 0.05) is 0 Å². The zero-order valence-electron chi connectivity index (χ0n) is 16.0. The van der Waals surface area contributed by atoms with Gasteiger partial charge in [-0.05, 0) is 5.56 Å². The summed E-state index contributed by atoms with van der Waals surface area (Å²) in [6.07, 6.45) is -14.7. The van der Waals surface area contributed by atoms with Crippen LogP contribution >= 0.6 is 0 Å². The number of aliphatic hydroxyl groups is 7. The van der Waals surface area contributed by atoms with Gasteiger partial charge >= 0.3 is 0 Å². The molecule has 11 heteroatoms. The summed E-state index contributed by atoms with van der Waals surface area (Å²) in [5.74, 6) is 0. The fraction of sp³-hybridized carbons (Fsp3) is 0.684. The maximum Gasteiger partial charge on any atom is 0.187 e. The smallest absolute Gasteiger partial charge is 0.187 e. The third-order valence-corrected chi connectivity index (χ3v) is 5.22. The normalized spacial score (nSPS) is 42.2. The highest BCUT2D eigenvalue weighted by Gasteiger charge is 2.50. The molecule has 2 saturated heterocycles. The van der Waals surface area contributed by atoms with Crippen molar-refractivity contribution in [3.63, 3.8) is 0 Å². The van der Waals surface area contributed by atoms with Crippen LogP contribution in [0.2, 0.25) is 0 Å². The lowest BCUT2D eigenvalue weighted by atomic mass is 9.97. The Bertz CT molecular complexity index is 643. The van der Waals surface area contributed by atoms with Crippen molar-refractivity contribution in [2.45, 2.75) is 68.0 Å². The first-order valence-corrected chi connectivity index (χ1v) is 9.61. The number of ether oxygens (including phenoxy) is 4. The van der Waals surface area contributed by atoms with Crippen LogP contribution in [0.3, 0.4) is 0 Å². The maximum atomic E-state index is 10.5. The quantitative estimate of drug-likeness (QED) is 0.231. The minimum atomic E-state index is -1.71. The van der Waals surface area contributed by atoms with Gasteiger partial charge in [0.25, 0.3) is 0 Å². The maximum absolute atomic E-state index is 10.5. The van der Waals surface area contributed by atoms with Gasteiger partial charge in [0.05, 0.1) is 19.8 Å². The molecule has 2 aliphatic rings. The van der Waals surface area contributed by atoms with Gasteiger partial charge in [-0.15, -0.1) is 0 Å². The van der Waals surface area contributed by atoms with Gasteiger partial charge in [0.1, 0.15) is 48.8 Å². The Kier molecular flexibility index (Phi) is 8.12.